The quantitative estimate of drug-likeness (QED) is 0.275. The Kier molecular flexibility index (Phi) is 6.64. The van der Waals surface area contributed by atoms with E-state index in [4.69, 9.17) is 21.1 Å². The molecule has 4 rings (SSSR count). The second-order valence-electron chi connectivity index (χ2n) is 7.24. The number of ether oxygens (including phenoxy) is 2. The van der Waals surface area contributed by atoms with Crippen LogP contribution in [0.4, 0.5) is 15.9 Å². The van der Waals surface area contributed by atoms with Crippen LogP contribution in [0, 0.1) is 5.82 Å². The molecule has 0 aliphatic carbocycles. The van der Waals surface area contributed by atoms with Gasteiger partial charge < -0.3 is 19.9 Å². The van der Waals surface area contributed by atoms with Gasteiger partial charge in [0.05, 0.1) is 16.1 Å². The van der Waals surface area contributed by atoms with Gasteiger partial charge in [-0.2, -0.15) is 0 Å². The smallest absolute Gasteiger partial charge is 0.335 e. The number of hydrogen-bond acceptors (Lipinski definition) is 7. The van der Waals surface area contributed by atoms with Crippen molar-refractivity contribution in [2.24, 2.45) is 0 Å². The van der Waals surface area contributed by atoms with Crippen LogP contribution in [0.1, 0.15) is 22.6 Å². The van der Waals surface area contributed by atoms with Gasteiger partial charge in [0.2, 0.25) is 0 Å². The number of halogens is 2. The zero-order valence-corrected chi connectivity index (χ0v) is 18.6. The monoisotopic (exact) mass is 470 g/mol. The predicted molar refractivity (Wildman–Crippen MR) is 123 cm³/mol. The maximum absolute atomic E-state index is 13.6. The van der Waals surface area contributed by atoms with E-state index in [1.807, 2.05) is 0 Å². The first kappa shape index (κ1) is 22.8. The van der Waals surface area contributed by atoms with E-state index in [0.29, 0.717) is 52.0 Å². The number of hydrogen-bond donors (Lipinski definition) is 2. The summed E-state index contributed by atoms with van der Waals surface area (Å²) in [5.74, 6) is -0.678. The number of carboxylic acid groups (broad SMARTS) is 1. The van der Waals surface area contributed by atoms with Crippen LogP contribution in [0.5, 0.6) is 0 Å². The van der Waals surface area contributed by atoms with Gasteiger partial charge in [-0.1, -0.05) is 17.7 Å². The molecule has 0 saturated carbocycles. The zero-order chi connectivity index (χ0) is 23.5. The molecule has 0 amide bonds. The number of rotatable bonds is 8. The molecule has 33 heavy (non-hydrogen) atoms. The second-order valence-corrected chi connectivity index (χ2v) is 7.65. The van der Waals surface area contributed by atoms with E-state index in [1.54, 1.807) is 26.5 Å². The van der Waals surface area contributed by atoms with Crippen molar-refractivity contribution in [2.45, 2.75) is 19.1 Å². The largest absolute Gasteiger partial charge is 0.478 e. The zero-order valence-electron chi connectivity index (χ0n) is 17.8. The third-order valence-corrected chi connectivity index (χ3v) is 5.43. The number of carbonyl (C=O) groups is 1. The standard InChI is InChI=1S/C23H20ClFN4O4/c1-32-20(33-2)8-7-19-26-11-15-14-5-3-12(23(30)31)9-18(14)28-22(21(15)29-19)27-13-4-6-17(25)16(24)10-13/h3-6,9-11,20H,7-8H2,1-2H3,(H,27,28)(H,30,31). The molecule has 0 atom stereocenters. The molecule has 0 fully saturated rings. The molecule has 0 unspecified atom stereocenters. The van der Waals surface area contributed by atoms with E-state index < -0.39 is 11.8 Å². The Balaban J connectivity index is 1.84. The van der Waals surface area contributed by atoms with E-state index in [-0.39, 0.29) is 16.9 Å². The number of aromatic carboxylic acids is 1. The fraction of sp³-hybridized carbons (Fsp3) is 0.217. The van der Waals surface area contributed by atoms with E-state index in [1.165, 1.54) is 30.3 Å². The van der Waals surface area contributed by atoms with Crippen LogP contribution >= 0.6 is 11.6 Å². The van der Waals surface area contributed by atoms with Gasteiger partial charge in [-0.15, -0.1) is 0 Å². The fourth-order valence-electron chi connectivity index (χ4n) is 3.45. The number of methoxy groups -OCH3 is 2. The summed E-state index contributed by atoms with van der Waals surface area (Å²) in [6.07, 6.45) is 2.35. The summed E-state index contributed by atoms with van der Waals surface area (Å²) in [6.45, 7) is 0. The molecular formula is C23H20ClFN4O4. The Morgan fingerprint density at radius 2 is 1.94 bits per heavy atom. The Morgan fingerprint density at radius 1 is 1.15 bits per heavy atom. The van der Waals surface area contributed by atoms with Crippen LogP contribution in [0.3, 0.4) is 0 Å². The molecule has 0 aliphatic rings. The third kappa shape index (κ3) is 4.85. The van der Waals surface area contributed by atoms with Crippen LogP contribution in [0.2, 0.25) is 5.02 Å². The third-order valence-electron chi connectivity index (χ3n) is 5.14. The number of pyridine rings is 1. The average Bonchev–Trinajstić information content (AvgIpc) is 2.81. The van der Waals surface area contributed by atoms with Crippen LogP contribution in [0.25, 0.3) is 21.8 Å². The molecule has 0 radical (unpaired) electrons. The number of aryl methyl sites for hydroxylation is 1. The molecule has 0 aliphatic heterocycles. The van der Waals surface area contributed by atoms with Crippen molar-refractivity contribution in [1.29, 1.82) is 0 Å². The summed E-state index contributed by atoms with van der Waals surface area (Å²) in [5, 5.41) is 13.8. The highest BCUT2D eigenvalue weighted by atomic mass is 35.5. The number of aromatic nitrogens is 3. The summed E-state index contributed by atoms with van der Waals surface area (Å²) in [6, 6.07) is 8.88. The molecule has 170 valence electrons. The van der Waals surface area contributed by atoms with Gasteiger partial charge >= 0.3 is 5.97 Å². The van der Waals surface area contributed by atoms with Crippen molar-refractivity contribution in [2.75, 3.05) is 19.5 Å². The summed E-state index contributed by atoms with van der Waals surface area (Å²) >= 11 is 5.92. The summed E-state index contributed by atoms with van der Waals surface area (Å²) < 4.78 is 24.1. The molecule has 0 saturated heterocycles. The molecule has 0 spiro atoms. The van der Waals surface area contributed by atoms with Crippen molar-refractivity contribution in [3.63, 3.8) is 0 Å². The number of nitrogens with one attached hydrogen (secondary N) is 1. The van der Waals surface area contributed by atoms with Gasteiger partial charge in [0.1, 0.15) is 17.2 Å². The van der Waals surface area contributed by atoms with E-state index in [9.17, 15) is 14.3 Å². The summed E-state index contributed by atoms with van der Waals surface area (Å²) in [4.78, 5) is 25.2. The van der Waals surface area contributed by atoms with Crippen molar-refractivity contribution in [3.8, 4) is 0 Å². The average molecular weight is 471 g/mol. The number of anilines is 2. The number of benzene rings is 2. The SMILES string of the molecule is COC(CCc1ncc2c(n1)c(Nc1ccc(F)c(Cl)c1)nc1cc(C(=O)O)ccc12)OC. The molecule has 10 heteroatoms. The van der Waals surface area contributed by atoms with E-state index in [2.05, 4.69) is 20.3 Å². The first-order chi connectivity index (χ1) is 15.9. The molecule has 2 N–H and O–H groups in total. The molecule has 8 nitrogen and oxygen atoms in total. The Labute approximate surface area is 193 Å². The molecule has 2 heterocycles. The minimum atomic E-state index is -1.06. The Morgan fingerprint density at radius 3 is 2.64 bits per heavy atom. The summed E-state index contributed by atoms with van der Waals surface area (Å²) in [7, 11) is 3.12. The summed E-state index contributed by atoms with van der Waals surface area (Å²) in [5.41, 5.74) is 1.59. The van der Waals surface area contributed by atoms with Gasteiger partial charge in [-0.3, -0.25) is 0 Å². The van der Waals surface area contributed by atoms with Gasteiger partial charge in [0.15, 0.2) is 12.1 Å². The van der Waals surface area contributed by atoms with Crippen molar-refractivity contribution in [3.05, 3.63) is 64.8 Å². The lowest BCUT2D eigenvalue weighted by Crippen LogP contribution is -2.14. The van der Waals surface area contributed by atoms with E-state index >= 15 is 0 Å². The normalized spacial score (nSPS) is 11.4. The van der Waals surface area contributed by atoms with E-state index in [0.717, 1.165) is 0 Å². The van der Waals surface area contributed by atoms with Gasteiger partial charge in [0.25, 0.3) is 0 Å². The van der Waals surface area contributed by atoms with Crippen molar-refractivity contribution in [1.82, 2.24) is 15.0 Å². The maximum atomic E-state index is 13.6. The van der Waals surface area contributed by atoms with Gasteiger partial charge in [0, 0.05) is 49.7 Å². The highest BCUT2D eigenvalue weighted by molar-refractivity contribution is 6.31. The minimum absolute atomic E-state index is 0.0428. The number of fused-ring (bicyclic) bond motifs is 3. The topological polar surface area (TPSA) is 106 Å². The maximum Gasteiger partial charge on any atom is 0.335 e. The first-order valence-electron chi connectivity index (χ1n) is 10.00. The number of nitrogens with zero attached hydrogens (tertiary/aromatic N) is 3. The van der Waals surface area contributed by atoms with Crippen LogP contribution < -0.4 is 5.32 Å². The molecule has 0 bridgehead atoms. The van der Waals surface area contributed by atoms with Crippen molar-refractivity contribution < 1.29 is 23.8 Å². The first-order valence-corrected chi connectivity index (χ1v) is 10.4. The number of carboxylic acids is 1. The van der Waals surface area contributed by atoms with Gasteiger partial charge in [-0.25, -0.2) is 24.1 Å². The lowest BCUT2D eigenvalue weighted by molar-refractivity contribution is -0.106. The molecule has 2 aromatic carbocycles. The molecule has 2 aromatic heterocycles. The Hall–Kier alpha value is -3.40. The fourth-order valence-corrected chi connectivity index (χ4v) is 3.63. The Bertz CT molecular complexity index is 1350. The second kappa shape index (κ2) is 9.62. The van der Waals surface area contributed by atoms with Crippen LogP contribution in [-0.2, 0) is 15.9 Å². The van der Waals surface area contributed by atoms with Crippen LogP contribution in [-0.4, -0.2) is 46.5 Å². The predicted octanol–water partition coefficient (Wildman–Crippen LogP) is 4.96. The lowest BCUT2D eigenvalue weighted by atomic mass is 10.1. The van der Waals surface area contributed by atoms with Gasteiger partial charge in [-0.05, 0) is 30.3 Å². The highest BCUT2D eigenvalue weighted by Gasteiger charge is 2.15. The molecule has 4 aromatic rings. The minimum Gasteiger partial charge on any atom is -0.478 e. The lowest BCUT2D eigenvalue weighted by Gasteiger charge is -2.14. The molecular weight excluding hydrogens is 451 g/mol. The van der Waals surface area contributed by atoms with Crippen molar-refractivity contribution >= 4 is 50.9 Å². The highest BCUT2D eigenvalue weighted by Crippen LogP contribution is 2.31. The van der Waals surface area contributed by atoms with Crippen LogP contribution in [0.15, 0.2) is 42.6 Å².